The third-order valence-corrected chi connectivity index (χ3v) is 5.06. The Hall–Kier alpha value is -2.79. The molecule has 1 N–H and O–H groups in total. The molecule has 0 aliphatic heterocycles. The highest BCUT2D eigenvalue weighted by atomic mass is 32.1. The molecule has 4 rings (SSSR count). The normalized spacial score (nSPS) is 11.0. The van der Waals surface area contributed by atoms with E-state index in [9.17, 15) is 4.39 Å². The van der Waals surface area contributed by atoms with Gasteiger partial charge in [0.25, 0.3) is 0 Å². The van der Waals surface area contributed by atoms with Crippen LogP contribution in [0.4, 0.5) is 15.9 Å². The minimum atomic E-state index is -0.307. The van der Waals surface area contributed by atoms with Crippen molar-refractivity contribution in [3.8, 4) is 11.1 Å². The van der Waals surface area contributed by atoms with Gasteiger partial charge in [0, 0.05) is 10.9 Å². The molecule has 2 aromatic heterocycles. The summed E-state index contributed by atoms with van der Waals surface area (Å²) in [6, 6.07) is 15.1. The van der Waals surface area contributed by atoms with E-state index >= 15 is 0 Å². The Morgan fingerprint density at radius 2 is 1.84 bits per heavy atom. The molecule has 0 fully saturated rings. The van der Waals surface area contributed by atoms with Gasteiger partial charge in [0.1, 0.15) is 22.8 Å². The molecule has 0 spiro atoms. The molecule has 0 atom stereocenters. The molecular weight excluding hydrogens is 333 g/mol. The number of nitrogens with one attached hydrogen (secondary N) is 1. The number of fused-ring (bicyclic) bond motifs is 1. The number of anilines is 2. The van der Waals surface area contributed by atoms with E-state index in [2.05, 4.69) is 51.9 Å². The SMILES string of the molecule is CCc1ccc(-c2csc3ncnc(Nc4ccccc4F)c23)cc1. The number of nitrogens with zero attached hydrogens (tertiary/aromatic N) is 2. The predicted octanol–water partition coefficient (Wildman–Crippen LogP) is 5.80. The molecular formula is C20H16FN3S. The van der Waals surface area contributed by atoms with Crippen molar-refractivity contribution in [2.24, 2.45) is 0 Å². The summed E-state index contributed by atoms with van der Waals surface area (Å²) in [6.45, 7) is 2.14. The second kappa shape index (κ2) is 6.61. The van der Waals surface area contributed by atoms with Crippen LogP contribution in [0.1, 0.15) is 12.5 Å². The number of para-hydroxylation sites is 1. The standard InChI is InChI=1S/C20H16FN3S/c1-2-13-7-9-14(10-8-13)15-11-25-20-18(15)19(22-12-23-20)24-17-6-4-3-5-16(17)21/h3-12H,2H2,1H3,(H,22,23,24). The average molecular weight is 349 g/mol. The van der Waals surface area contributed by atoms with Gasteiger partial charge in [-0.25, -0.2) is 14.4 Å². The lowest BCUT2D eigenvalue weighted by atomic mass is 10.0. The highest BCUT2D eigenvalue weighted by Gasteiger charge is 2.14. The Morgan fingerprint density at radius 3 is 2.60 bits per heavy atom. The molecule has 25 heavy (non-hydrogen) atoms. The fraction of sp³-hybridized carbons (Fsp3) is 0.100. The predicted molar refractivity (Wildman–Crippen MR) is 102 cm³/mol. The fourth-order valence-corrected chi connectivity index (χ4v) is 3.71. The van der Waals surface area contributed by atoms with E-state index in [1.807, 2.05) is 0 Å². The summed E-state index contributed by atoms with van der Waals surface area (Å²) in [7, 11) is 0. The van der Waals surface area contributed by atoms with Crippen molar-refractivity contribution >= 4 is 33.1 Å². The van der Waals surface area contributed by atoms with Crippen molar-refractivity contribution in [2.45, 2.75) is 13.3 Å². The Morgan fingerprint density at radius 1 is 1.04 bits per heavy atom. The first-order chi connectivity index (χ1) is 12.3. The molecule has 5 heteroatoms. The average Bonchev–Trinajstić information content (AvgIpc) is 3.09. The minimum Gasteiger partial charge on any atom is -0.337 e. The van der Waals surface area contributed by atoms with Crippen LogP contribution in [0.5, 0.6) is 0 Å². The highest BCUT2D eigenvalue weighted by Crippen LogP contribution is 2.37. The van der Waals surface area contributed by atoms with Crippen molar-refractivity contribution in [1.29, 1.82) is 0 Å². The third kappa shape index (κ3) is 2.98. The second-order valence-electron chi connectivity index (χ2n) is 5.71. The number of hydrogen-bond acceptors (Lipinski definition) is 4. The van der Waals surface area contributed by atoms with Crippen molar-refractivity contribution in [2.75, 3.05) is 5.32 Å². The number of hydrogen-bond donors (Lipinski definition) is 1. The van der Waals surface area contributed by atoms with Gasteiger partial charge >= 0.3 is 0 Å². The van der Waals surface area contributed by atoms with Gasteiger partial charge in [-0.2, -0.15) is 0 Å². The quantitative estimate of drug-likeness (QED) is 0.506. The van der Waals surface area contributed by atoms with Crippen molar-refractivity contribution in [3.05, 3.63) is 71.6 Å². The van der Waals surface area contributed by atoms with Crippen molar-refractivity contribution < 1.29 is 4.39 Å². The Balaban J connectivity index is 1.82. The third-order valence-electron chi connectivity index (χ3n) is 4.17. The number of halogens is 1. The van der Waals surface area contributed by atoms with Gasteiger partial charge in [0.2, 0.25) is 0 Å². The fourth-order valence-electron chi connectivity index (χ4n) is 2.79. The summed E-state index contributed by atoms with van der Waals surface area (Å²) in [5.41, 5.74) is 3.86. The molecule has 4 aromatic rings. The molecule has 0 bridgehead atoms. The first-order valence-electron chi connectivity index (χ1n) is 8.09. The van der Waals surface area contributed by atoms with Crippen LogP contribution >= 0.6 is 11.3 Å². The first kappa shape index (κ1) is 15.7. The van der Waals surface area contributed by atoms with Crippen LogP contribution in [0.15, 0.2) is 60.2 Å². The molecule has 0 unspecified atom stereocenters. The van der Waals surface area contributed by atoms with Crippen LogP contribution in [0.3, 0.4) is 0 Å². The van der Waals surface area contributed by atoms with Gasteiger partial charge in [-0.3, -0.25) is 0 Å². The maximum Gasteiger partial charge on any atom is 0.146 e. The monoisotopic (exact) mass is 349 g/mol. The summed E-state index contributed by atoms with van der Waals surface area (Å²) < 4.78 is 14.0. The molecule has 0 aliphatic rings. The van der Waals surface area contributed by atoms with E-state index in [0.29, 0.717) is 11.5 Å². The van der Waals surface area contributed by atoms with Crippen LogP contribution in [-0.2, 0) is 6.42 Å². The van der Waals surface area contributed by atoms with Gasteiger partial charge in [0.05, 0.1) is 11.1 Å². The summed E-state index contributed by atoms with van der Waals surface area (Å²) in [5, 5.41) is 6.11. The molecule has 0 radical (unpaired) electrons. The maximum atomic E-state index is 14.0. The van der Waals surface area contributed by atoms with Crippen LogP contribution in [0, 0.1) is 5.82 Å². The second-order valence-corrected chi connectivity index (χ2v) is 6.57. The zero-order valence-electron chi connectivity index (χ0n) is 13.7. The zero-order chi connectivity index (χ0) is 17.2. The van der Waals surface area contributed by atoms with Gasteiger partial charge in [0.15, 0.2) is 0 Å². The molecule has 2 heterocycles. The first-order valence-corrected chi connectivity index (χ1v) is 8.97. The lowest BCUT2D eigenvalue weighted by molar-refractivity contribution is 0.632. The maximum absolute atomic E-state index is 14.0. The molecule has 3 nitrogen and oxygen atoms in total. The summed E-state index contributed by atoms with van der Waals surface area (Å²) in [6.07, 6.45) is 2.51. The lowest BCUT2D eigenvalue weighted by Gasteiger charge is -2.09. The minimum absolute atomic E-state index is 0.307. The van der Waals surface area contributed by atoms with E-state index in [1.165, 1.54) is 18.0 Å². The van der Waals surface area contributed by atoms with E-state index in [-0.39, 0.29) is 5.82 Å². The number of rotatable bonds is 4. The highest BCUT2D eigenvalue weighted by molar-refractivity contribution is 7.17. The number of aromatic nitrogens is 2. The van der Waals surface area contributed by atoms with Crippen LogP contribution in [-0.4, -0.2) is 9.97 Å². The van der Waals surface area contributed by atoms with E-state index < -0.39 is 0 Å². The number of benzene rings is 2. The van der Waals surface area contributed by atoms with Crippen molar-refractivity contribution in [3.63, 3.8) is 0 Å². The smallest absolute Gasteiger partial charge is 0.146 e. The van der Waals surface area contributed by atoms with Crippen LogP contribution in [0.2, 0.25) is 0 Å². The van der Waals surface area contributed by atoms with Gasteiger partial charge < -0.3 is 5.32 Å². The van der Waals surface area contributed by atoms with Gasteiger partial charge in [-0.15, -0.1) is 11.3 Å². The van der Waals surface area contributed by atoms with E-state index in [1.54, 1.807) is 29.5 Å². The van der Waals surface area contributed by atoms with Gasteiger partial charge in [-0.05, 0) is 29.7 Å². The number of thiophene rings is 1. The summed E-state index contributed by atoms with van der Waals surface area (Å²) in [4.78, 5) is 9.59. The Labute approximate surface area is 149 Å². The molecule has 0 aliphatic carbocycles. The Bertz CT molecular complexity index is 1020. The molecule has 124 valence electrons. The molecule has 0 saturated heterocycles. The molecule has 2 aromatic carbocycles. The number of aryl methyl sites for hydroxylation is 1. The molecule has 0 saturated carbocycles. The Kier molecular flexibility index (Phi) is 4.15. The topological polar surface area (TPSA) is 37.8 Å². The van der Waals surface area contributed by atoms with Crippen LogP contribution < -0.4 is 5.32 Å². The summed E-state index contributed by atoms with van der Waals surface area (Å²) >= 11 is 1.56. The lowest BCUT2D eigenvalue weighted by Crippen LogP contribution is -1.97. The van der Waals surface area contributed by atoms with Crippen LogP contribution in [0.25, 0.3) is 21.3 Å². The van der Waals surface area contributed by atoms with Crippen molar-refractivity contribution in [1.82, 2.24) is 9.97 Å². The van der Waals surface area contributed by atoms with Gasteiger partial charge in [-0.1, -0.05) is 43.3 Å². The largest absolute Gasteiger partial charge is 0.337 e. The van der Waals surface area contributed by atoms with E-state index in [4.69, 9.17) is 0 Å². The summed E-state index contributed by atoms with van der Waals surface area (Å²) in [5.74, 6) is 0.309. The zero-order valence-corrected chi connectivity index (χ0v) is 14.5. The molecule has 0 amide bonds. The van der Waals surface area contributed by atoms with E-state index in [0.717, 1.165) is 27.8 Å².